The minimum absolute atomic E-state index is 0.195. The van der Waals surface area contributed by atoms with Gasteiger partial charge in [-0.05, 0) is 31.0 Å². The van der Waals surface area contributed by atoms with Gasteiger partial charge in [0.15, 0.2) is 10.8 Å². The van der Waals surface area contributed by atoms with Gasteiger partial charge in [0.1, 0.15) is 22.7 Å². The Hall–Kier alpha value is -2.39. The lowest BCUT2D eigenvalue weighted by molar-refractivity contribution is 0.150. The van der Waals surface area contributed by atoms with E-state index in [1.165, 1.54) is 22.2 Å². The molecule has 0 amide bonds. The zero-order valence-corrected chi connectivity index (χ0v) is 14.5. The number of fused-ring (bicyclic) bond motifs is 1. The van der Waals surface area contributed by atoms with Crippen LogP contribution < -0.4 is 10.5 Å². The van der Waals surface area contributed by atoms with Crippen LogP contribution in [0.25, 0.3) is 10.3 Å². The number of anilines is 1. The van der Waals surface area contributed by atoms with E-state index in [9.17, 15) is 18.7 Å². The molecule has 136 valence electrons. The number of nitrogens with zero attached hydrogens (tertiary/aromatic N) is 4. The second-order valence-corrected chi connectivity index (χ2v) is 7.20. The maximum Gasteiger partial charge on any atom is 0.273 e. The Bertz CT molecular complexity index is 1010. The maximum absolute atomic E-state index is 13.8. The third-order valence-electron chi connectivity index (χ3n) is 4.44. The maximum atomic E-state index is 13.8. The highest BCUT2D eigenvalue weighted by molar-refractivity contribution is 7.22. The van der Waals surface area contributed by atoms with Crippen molar-refractivity contribution in [2.24, 2.45) is 0 Å². The van der Waals surface area contributed by atoms with E-state index in [1.807, 2.05) is 0 Å². The first kappa shape index (κ1) is 17.0. The predicted molar refractivity (Wildman–Crippen MR) is 94.4 cm³/mol. The third-order valence-corrected chi connectivity index (χ3v) is 5.53. The molecule has 1 saturated heterocycles. The lowest BCUT2D eigenvalue weighted by Gasteiger charge is -2.13. The molecule has 26 heavy (non-hydrogen) atoms. The summed E-state index contributed by atoms with van der Waals surface area (Å²) in [5.41, 5.74) is -0.183. The molecule has 1 aliphatic heterocycles. The van der Waals surface area contributed by atoms with Crippen LogP contribution in [0.2, 0.25) is 0 Å². The van der Waals surface area contributed by atoms with Gasteiger partial charge < -0.3 is 10.0 Å². The fourth-order valence-corrected chi connectivity index (χ4v) is 4.08. The van der Waals surface area contributed by atoms with Crippen molar-refractivity contribution in [3.05, 3.63) is 52.1 Å². The summed E-state index contributed by atoms with van der Waals surface area (Å²) >= 11 is 1.27. The van der Waals surface area contributed by atoms with E-state index in [1.54, 1.807) is 0 Å². The Kier molecular flexibility index (Phi) is 4.41. The highest BCUT2D eigenvalue weighted by Crippen LogP contribution is 2.28. The zero-order chi connectivity index (χ0) is 18.3. The quantitative estimate of drug-likeness (QED) is 0.755. The predicted octanol–water partition coefficient (Wildman–Crippen LogP) is 2.47. The Balaban J connectivity index is 1.65. The van der Waals surface area contributed by atoms with Crippen molar-refractivity contribution >= 4 is 26.8 Å². The highest BCUT2D eigenvalue weighted by Gasteiger charge is 2.20. The number of hydrogen-bond acceptors (Lipinski definition) is 6. The summed E-state index contributed by atoms with van der Waals surface area (Å²) in [6.07, 6.45) is 2.10. The van der Waals surface area contributed by atoms with Crippen LogP contribution in [0.3, 0.4) is 0 Å². The van der Waals surface area contributed by atoms with Crippen LogP contribution in [-0.4, -0.2) is 32.7 Å². The van der Waals surface area contributed by atoms with E-state index in [-0.39, 0.29) is 17.7 Å². The smallest absolute Gasteiger partial charge is 0.273 e. The fraction of sp³-hybridized carbons (Fsp3) is 0.353. The molecule has 0 saturated carbocycles. The number of rotatable bonds is 4. The first-order valence-corrected chi connectivity index (χ1v) is 9.08. The van der Waals surface area contributed by atoms with Crippen molar-refractivity contribution in [3.8, 4) is 0 Å². The lowest BCUT2D eigenvalue weighted by atomic mass is 10.1. The van der Waals surface area contributed by atoms with Gasteiger partial charge in [-0.15, -0.1) is 0 Å². The Morgan fingerprint density at radius 1 is 1.27 bits per heavy atom. The van der Waals surface area contributed by atoms with Crippen molar-refractivity contribution < 1.29 is 13.9 Å². The average molecular weight is 378 g/mol. The van der Waals surface area contributed by atoms with E-state index < -0.39 is 17.7 Å². The van der Waals surface area contributed by atoms with Crippen LogP contribution in [0.5, 0.6) is 0 Å². The molecule has 1 N–H and O–H groups in total. The van der Waals surface area contributed by atoms with Crippen LogP contribution >= 0.6 is 11.3 Å². The van der Waals surface area contributed by atoms with Gasteiger partial charge in [0.05, 0.1) is 12.6 Å². The Labute approximate surface area is 151 Å². The topological polar surface area (TPSA) is 71.2 Å². The molecule has 0 aliphatic carbocycles. The van der Waals surface area contributed by atoms with Gasteiger partial charge in [-0.1, -0.05) is 11.3 Å². The summed E-state index contributed by atoms with van der Waals surface area (Å²) in [6, 6.07) is 2.85. The Morgan fingerprint density at radius 3 is 2.81 bits per heavy atom. The molecule has 3 heterocycles. The van der Waals surface area contributed by atoms with Crippen molar-refractivity contribution in [3.63, 3.8) is 0 Å². The van der Waals surface area contributed by atoms with E-state index in [2.05, 4.69) is 14.9 Å². The van der Waals surface area contributed by atoms with Gasteiger partial charge in [-0.2, -0.15) is 4.98 Å². The van der Waals surface area contributed by atoms with Crippen LogP contribution in [0.1, 0.15) is 24.5 Å². The van der Waals surface area contributed by atoms with Crippen molar-refractivity contribution in [2.75, 3.05) is 18.0 Å². The lowest BCUT2D eigenvalue weighted by Crippen LogP contribution is -2.23. The molecule has 1 fully saturated rings. The normalized spacial score (nSPS) is 15.7. The second-order valence-electron chi connectivity index (χ2n) is 6.23. The van der Waals surface area contributed by atoms with Crippen LogP contribution in [0, 0.1) is 11.6 Å². The highest BCUT2D eigenvalue weighted by atomic mass is 32.1. The average Bonchev–Trinajstić information content (AvgIpc) is 3.28. The summed E-state index contributed by atoms with van der Waals surface area (Å²) < 4.78 is 28.7. The minimum Gasteiger partial charge on any atom is -0.386 e. The molecular weight excluding hydrogens is 362 g/mol. The molecule has 4 rings (SSSR count). The van der Waals surface area contributed by atoms with Gasteiger partial charge in [-0.3, -0.25) is 9.36 Å². The number of aliphatic hydroxyl groups is 1. The van der Waals surface area contributed by atoms with Crippen LogP contribution in [0.15, 0.2) is 29.3 Å². The summed E-state index contributed by atoms with van der Waals surface area (Å²) in [4.78, 5) is 23.4. The molecule has 9 heteroatoms. The molecule has 0 radical (unpaired) electrons. The molecule has 1 unspecified atom stereocenters. The number of hydrogen-bond donors (Lipinski definition) is 1. The third kappa shape index (κ3) is 3.08. The molecule has 1 aliphatic rings. The number of aromatic nitrogens is 3. The van der Waals surface area contributed by atoms with E-state index in [0.29, 0.717) is 10.3 Å². The summed E-state index contributed by atoms with van der Waals surface area (Å²) in [7, 11) is 0. The molecule has 0 spiro atoms. The van der Waals surface area contributed by atoms with Gasteiger partial charge in [0.25, 0.3) is 5.56 Å². The zero-order valence-electron chi connectivity index (χ0n) is 13.7. The number of thiazole rings is 1. The number of halogens is 2. The monoisotopic (exact) mass is 378 g/mol. The van der Waals surface area contributed by atoms with Crippen LogP contribution in [-0.2, 0) is 6.54 Å². The molecule has 6 nitrogen and oxygen atoms in total. The summed E-state index contributed by atoms with van der Waals surface area (Å²) in [5.74, 6) is -1.38. The van der Waals surface area contributed by atoms with E-state index in [0.717, 1.165) is 49.3 Å². The summed E-state index contributed by atoms with van der Waals surface area (Å²) in [6.45, 7) is 1.59. The van der Waals surface area contributed by atoms with Crippen molar-refractivity contribution in [1.82, 2.24) is 14.5 Å². The standard InChI is InChI=1S/C17H16F2N4O2S/c18-10-3-4-12(19)11(7-10)13(24)8-23-9-20-15-14(16(23)25)26-17(21-15)22-5-1-2-6-22/h3-4,7,9,13,24H,1-2,5-6,8H2. The van der Waals surface area contributed by atoms with Gasteiger partial charge in [-0.25, -0.2) is 13.8 Å². The molecule has 1 aromatic carbocycles. The van der Waals surface area contributed by atoms with Gasteiger partial charge in [0, 0.05) is 18.7 Å². The Morgan fingerprint density at radius 2 is 2.04 bits per heavy atom. The first-order valence-electron chi connectivity index (χ1n) is 8.27. The van der Waals surface area contributed by atoms with Gasteiger partial charge >= 0.3 is 0 Å². The fourth-order valence-electron chi connectivity index (χ4n) is 3.06. The minimum atomic E-state index is -1.37. The molecule has 2 aromatic heterocycles. The van der Waals surface area contributed by atoms with Gasteiger partial charge in [0.2, 0.25) is 0 Å². The number of aliphatic hydroxyl groups excluding tert-OH is 1. The van der Waals surface area contributed by atoms with Crippen molar-refractivity contribution in [2.45, 2.75) is 25.5 Å². The largest absolute Gasteiger partial charge is 0.386 e. The first-order chi connectivity index (χ1) is 12.5. The molecule has 3 aromatic rings. The molecule has 1 atom stereocenters. The molecular formula is C17H16F2N4O2S. The van der Waals surface area contributed by atoms with Crippen molar-refractivity contribution in [1.29, 1.82) is 0 Å². The SMILES string of the molecule is O=c1c2sc(N3CCCC3)nc2ncn1CC(O)c1cc(F)ccc1F. The summed E-state index contributed by atoms with van der Waals surface area (Å²) in [5, 5.41) is 11.0. The molecule has 0 bridgehead atoms. The number of benzene rings is 1. The van der Waals surface area contributed by atoms with Crippen LogP contribution in [0.4, 0.5) is 13.9 Å². The van der Waals surface area contributed by atoms with E-state index >= 15 is 0 Å². The second kappa shape index (κ2) is 6.73. The van der Waals surface area contributed by atoms with E-state index in [4.69, 9.17) is 0 Å².